The van der Waals surface area contributed by atoms with E-state index in [9.17, 15) is 5.11 Å². The minimum absolute atomic E-state index is 0.0996. The zero-order valence-electron chi connectivity index (χ0n) is 10.4. The molecule has 1 heterocycles. The second-order valence-corrected chi connectivity index (χ2v) is 5.03. The van der Waals surface area contributed by atoms with Gasteiger partial charge in [0.15, 0.2) is 0 Å². The third-order valence-electron chi connectivity index (χ3n) is 3.75. The van der Waals surface area contributed by atoms with E-state index in [0.717, 1.165) is 37.1 Å². The smallest absolute Gasteiger partial charge is 0.0659 e. The van der Waals surface area contributed by atoms with Gasteiger partial charge in [-0.1, -0.05) is 18.2 Å². The van der Waals surface area contributed by atoms with E-state index in [1.165, 1.54) is 0 Å². The monoisotopic (exact) mass is 242 g/mol. The fraction of sp³-hybridized carbons (Fsp3) is 0.400. The summed E-state index contributed by atoms with van der Waals surface area (Å²) in [6.45, 7) is 0. The average molecular weight is 242 g/mol. The number of para-hydroxylation sites is 1. The molecule has 0 radical (unpaired) electrons. The number of benzene rings is 1. The van der Waals surface area contributed by atoms with Crippen molar-refractivity contribution in [2.75, 3.05) is 0 Å². The summed E-state index contributed by atoms with van der Waals surface area (Å²) >= 11 is 0. The first-order valence-electron chi connectivity index (χ1n) is 6.62. The number of aliphatic hydroxyl groups excluding tert-OH is 1. The fourth-order valence-corrected chi connectivity index (χ4v) is 2.65. The molecule has 3 heteroatoms. The molecular weight excluding hydrogens is 224 g/mol. The van der Waals surface area contributed by atoms with E-state index in [0.29, 0.717) is 5.92 Å². The van der Waals surface area contributed by atoms with Gasteiger partial charge in [-0.05, 0) is 43.9 Å². The van der Waals surface area contributed by atoms with Crippen molar-refractivity contribution in [1.29, 1.82) is 0 Å². The van der Waals surface area contributed by atoms with Crippen molar-refractivity contribution in [2.24, 2.45) is 0 Å². The minimum Gasteiger partial charge on any atom is -0.393 e. The van der Waals surface area contributed by atoms with Gasteiger partial charge in [-0.3, -0.25) is 0 Å². The van der Waals surface area contributed by atoms with Gasteiger partial charge in [0, 0.05) is 12.1 Å². The van der Waals surface area contributed by atoms with E-state index in [1.54, 1.807) is 0 Å². The molecule has 2 aromatic rings. The van der Waals surface area contributed by atoms with Gasteiger partial charge in [-0.2, -0.15) is 5.10 Å². The number of nitrogens with zero attached hydrogens (tertiary/aromatic N) is 2. The van der Waals surface area contributed by atoms with Crippen molar-refractivity contribution in [3.05, 3.63) is 48.3 Å². The SMILES string of the molecule is O[C@H]1CC[C@H](c2ccn(-c3ccccc3)n2)CC1. The lowest BCUT2D eigenvalue weighted by atomic mass is 9.85. The van der Waals surface area contributed by atoms with Crippen LogP contribution in [0.1, 0.15) is 37.3 Å². The maximum atomic E-state index is 9.53. The maximum Gasteiger partial charge on any atom is 0.0659 e. The van der Waals surface area contributed by atoms with E-state index >= 15 is 0 Å². The summed E-state index contributed by atoms with van der Waals surface area (Å²) in [5, 5.41) is 14.2. The molecule has 3 nitrogen and oxygen atoms in total. The number of aromatic nitrogens is 2. The highest BCUT2D eigenvalue weighted by Gasteiger charge is 2.22. The van der Waals surface area contributed by atoms with Crippen LogP contribution in [0.5, 0.6) is 0 Å². The van der Waals surface area contributed by atoms with Crippen LogP contribution in [-0.4, -0.2) is 21.0 Å². The van der Waals surface area contributed by atoms with Crippen molar-refractivity contribution >= 4 is 0 Å². The zero-order chi connectivity index (χ0) is 12.4. The van der Waals surface area contributed by atoms with Crippen LogP contribution in [0, 0.1) is 0 Å². The molecule has 1 aliphatic rings. The first kappa shape index (κ1) is 11.5. The third kappa shape index (κ3) is 2.31. The lowest BCUT2D eigenvalue weighted by Crippen LogP contribution is -2.17. The van der Waals surface area contributed by atoms with Crippen LogP contribution in [-0.2, 0) is 0 Å². The van der Waals surface area contributed by atoms with Gasteiger partial charge in [0.2, 0.25) is 0 Å². The van der Waals surface area contributed by atoms with Crippen molar-refractivity contribution in [3.63, 3.8) is 0 Å². The Morgan fingerprint density at radius 1 is 1.00 bits per heavy atom. The predicted molar refractivity (Wildman–Crippen MR) is 70.8 cm³/mol. The molecule has 0 amide bonds. The molecule has 3 rings (SSSR count). The standard InChI is InChI=1S/C15H18N2O/c18-14-8-6-12(7-9-14)15-10-11-17(16-15)13-4-2-1-3-5-13/h1-5,10-12,14,18H,6-9H2/t12-,14-. The Labute approximate surface area is 107 Å². The topological polar surface area (TPSA) is 38.0 Å². The van der Waals surface area contributed by atoms with Crippen LogP contribution >= 0.6 is 0 Å². The molecule has 0 bridgehead atoms. The first-order valence-corrected chi connectivity index (χ1v) is 6.62. The quantitative estimate of drug-likeness (QED) is 0.879. The van der Waals surface area contributed by atoms with E-state index in [4.69, 9.17) is 0 Å². The van der Waals surface area contributed by atoms with Crippen LogP contribution in [0.25, 0.3) is 5.69 Å². The first-order chi connectivity index (χ1) is 8.83. The molecule has 1 aromatic heterocycles. The number of aliphatic hydroxyl groups is 1. The van der Waals surface area contributed by atoms with Gasteiger partial charge >= 0.3 is 0 Å². The molecule has 1 N–H and O–H groups in total. The molecule has 0 saturated heterocycles. The van der Waals surface area contributed by atoms with Crippen LogP contribution in [0.15, 0.2) is 42.6 Å². The molecule has 1 fully saturated rings. The highest BCUT2D eigenvalue weighted by molar-refractivity contribution is 5.30. The highest BCUT2D eigenvalue weighted by Crippen LogP contribution is 2.31. The summed E-state index contributed by atoms with van der Waals surface area (Å²) in [4.78, 5) is 0. The zero-order valence-corrected chi connectivity index (χ0v) is 10.4. The molecule has 0 atom stereocenters. The van der Waals surface area contributed by atoms with E-state index in [2.05, 4.69) is 23.3 Å². The molecule has 0 unspecified atom stereocenters. The van der Waals surface area contributed by atoms with Crippen molar-refractivity contribution < 1.29 is 5.11 Å². The molecule has 1 aliphatic carbocycles. The molecule has 0 spiro atoms. The van der Waals surface area contributed by atoms with E-state index in [1.807, 2.05) is 29.1 Å². The third-order valence-corrected chi connectivity index (χ3v) is 3.75. The van der Waals surface area contributed by atoms with Crippen molar-refractivity contribution in [1.82, 2.24) is 9.78 Å². The number of rotatable bonds is 2. The number of hydrogen-bond acceptors (Lipinski definition) is 2. The molecule has 1 aromatic carbocycles. The Hall–Kier alpha value is -1.61. The van der Waals surface area contributed by atoms with Gasteiger partial charge in [0.05, 0.1) is 17.5 Å². The van der Waals surface area contributed by atoms with Crippen molar-refractivity contribution in [2.45, 2.75) is 37.7 Å². The van der Waals surface area contributed by atoms with Gasteiger partial charge in [0.1, 0.15) is 0 Å². The summed E-state index contributed by atoms with van der Waals surface area (Å²) in [6.07, 6.45) is 5.83. The second kappa shape index (κ2) is 4.94. The normalized spacial score (nSPS) is 24.1. The van der Waals surface area contributed by atoms with Gasteiger partial charge in [-0.15, -0.1) is 0 Å². The predicted octanol–water partition coefficient (Wildman–Crippen LogP) is 2.89. The lowest BCUT2D eigenvalue weighted by molar-refractivity contribution is 0.122. The molecule has 1 saturated carbocycles. The maximum absolute atomic E-state index is 9.53. The Morgan fingerprint density at radius 3 is 2.44 bits per heavy atom. The van der Waals surface area contributed by atoms with E-state index < -0.39 is 0 Å². The van der Waals surface area contributed by atoms with Gasteiger partial charge in [-0.25, -0.2) is 4.68 Å². The summed E-state index contributed by atoms with van der Waals surface area (Å²) in [7, 11) is 0. The second-order valence-electron chi connectivity index (χ2n) is 5.03. The summed E-state index contributed by atoms with van der Waals surface area (Å²) in [5.41, 5.74) is 2.25. The molecule has 18 heavy (non-hydrogen) atoms. The highest BCUT2D eigenvalue weighted by atomic mass is 16.3. The molecule has 0 aliphatic heterocycles. The molecular formula is C15H18N2O. The average Bonchev–Trinajstić information content (AvgIpc) is 2.90. The van der Waals surface area contributed by atoms with Crippen LogP contribution in [0.2, 0.25) is 0 Å². The fourth-order valence-electron chi connectivity index (χ4n) is 2.65. The van der Waals surface area contributed by atoms with E-state index in [-0.39, 0.29) is 6.10 Å². The Balaban J connectivity index is 1.78. The molecule has 94 valence electrons. The summed E-state index contributed by atoms with van der Waals surface area (Å²) in [6, 6.07) is 12.3. The van der Waals surface area contributed by atoms with Crippen LogP contribution in [0.3, 0.4) is 0 Å². The van der Waals surface area contributed by atoms with Crippen LogP contribution < -0.4 is 0 Å². The van der Waals surface area contributed by atoms with Gasteiger partial charge in [0.25, 0.3) is 0 Å². The summed E-state index contributed by atoms with van der Waals surface area (Å²) in [5.74, 6) is 0.512. The summed E-state index contributed by atoms with van der Waals surface area (Å²) < 4.78 is 1.93. The number of hydrogen-bond donors (Lipinski definition) is 1. The largest absolute Gasteiger partial charge is 0.393 e. The van der Waals surface area contributed by atoms with Crippen LogP contribution in [0.4, 0.5) is 0 Å². The van der Waals surface area contributed by atoms with Gasteiger partial charge < -0.3 is 5.11 Å². The Kier molecular flexibility index (Phi) is 3.15. The Morgan fingerprint density at radius 2 is 1.72 bits per heavy atom. The van der Waals surface area contributed by atoms with Crippen molar-refractivity contribution in [3.8, 4) is 5.69 Å². The Bertz CT molecular complexity index is 498. The minimum atomic E-state index is -0.0996. The lowest BCUT2D eigenvalue weighted by Gasteiger charge is -2.23.